The van der Waals surface area contributed by atoms with Crippen LogP contribution in [0.25, 0.3) is 11.3 Å². The fourth-order valence-corrected chi connectivity index (χ4v) is 2.18. The lowest BCUT2D eigenvalue weighted by atomic mass is 10.1. The number of rotatable bonds is 5. The summed E-state index contributed by atoms with van der Waals surface area (Å²) in [5, 5.41) is 3.37. The monoisotopic (exact) mass is 268 g/mol. The second-order valence-corrected chi connectivity index (χ2v) is 5.45. The summed E-state index contributed by atoms with van der Waals surface area (Å²) in [7, 11) is 0. The fourth-order valence-electron chi connectivity index (χ4n) is 2.18. The van der Waals surface area contributed by atoms with Crippen molar-refractivity contribution in [3.05, 3.63) is 35.9 Å². The summed E-state index contributed by atoms with van der Waals surface area (Å²) >= 11 is 0. The third-order valence-corrected chi connectivity index (χ3v) is 3.41. The maximum atomic E-state index is 4.72. The van der Waals surface area contributed by atoms with Crippen LogP contribution in [0.1, 0.15) is 43.5 Å². The van der Waals surface area contributed by atoms with Gasteiger partial charge in [-0.25, -0.2) is 9.97 Å². The minimum atomic E-state index is 0.551. The van der Waals surface area contributed by atoms with Gasteiger partial charge in [0.2, 0.25) is 0 Å². The summed E-state index contributed by atoms with van der Waals surface area (Å²) in [6, 6.07) is 4.15. The molecule has 0 aliphatic heterocycles. The number of aromatic nitrogens is 3. The molecule has 104 valence electrons. The van der Waals surface area contributed by atoms with Crippen LogP contribution in [0.15, 0.2) is 24.5 Å². The van der Waals surface area contributed by atoms with Crippen molar-refractivity contribution in [1.82, 2.24) is 15.0 Å². The molecule has 2 aromatic heterocycles. The van der Waals surface area contributed by atoms with E-state index in [-0.39, 0.29) is 0 Å². The van der Waals surface area contributed by atoms with Gasteiger partial charge in [-0.3, -0.25) is 4.98 Å². The summed E-state index contributed by atoms with van der Waals surface area (Å²) < 4.78 is 0. The van der Waals surface area contributed by atoms with Gasteiger partial charge in [-0.1, -0.05) is 6.92 Å². The van der Waals surface area contributed by atoms with Crippen molar-refractivity contribution in [1.29, 1.82) is 0 Å². The molecule has 0 bridgehead atoms. The van der Waals surface area contributed by atoms with Gasteiger partial charge in [0.15, 0.2) is 0 Å². The highest BCUT2D eigenvalue weighted by Gasteiger charge is 2.27. The van der Waals surface area contributed by atoms with Crippen molar-refractivity contribution >= 4 is 5.82 Å². The van der Waals surface area contributed by atoms with Crippen molar-refractivity contribution in [2.45, 2.75) is 39.0 Å². The van der Waals surface area contributed by atoms with E-state index in [1.54, 1.807) is 0 Å². The van der Waals surface area contributed by atoms with Gasteiger partial charge in [-0.05, 0) is 37.8 Å². The van der Waals surface area contributed by atoms with Crippen LogP contribution in [0, 0.1) is 6.92 Å². The highest BCUT2D eigenvalue weighted by atomic mass is 15.0. The van der Waals surface area contributed by atoms with Crippen molar-refractivity contribution in [2.75, 3.05) is 11.9 Å². The smallest absolute Gasteiger partial charge is 0.134 e. The lowest BCUT2D eigenvalue weighted by Crippen LogP contribution is -2.05. The van der Waals surface area contributed by atoms with Crippen LogP contribution in [0.4, 0.5) is 5.82 Å². The van der Waals surface area contributed by atoms with Gasteiger partial charge in [-0.15, -0.1) is 0 Å². The molecular weight excluding hydrogens is 248 g/mol. The second kappa shape index (κ2) is 5.57. The third kappa shape index (κ3) is 2.95. The van der Waals surface area contributed by atoms with Crippen molar-refractivity contribution in [3.8, 4) is 11.3 Å². The van der Waals surface area contributed by atoms with E-state index in [0.29, 0.717) is 5.92 Å². The van der Waals surface area contributed by atoms with E-state index in [0.717, 1.165) is 41.4 Å². The Hall–Kier alpha value is -1.97. The van der Waals surface area contributed by atoms with Crippen LogP contribution in [-0.4, -0.2) is 21.5 Å². The van der Waals surface area contributed by atoms with Crippen molar-refractivity contribution < 1.29 is 0 Å². The van der Waals surface area contributed by atoms with Crippen LogP contribution < -0.4 is 5.32 Å². The number of pyridine rings is 1. The Morgan fingerprint density at radius 1 is 1.20 bits per heavy atom. The first-order valence-electron chi connectivity index (χ1n) is 7.31. The fraction of sp³-hybridized carbons (Fsp3) is 0.438. The first-order chi connectivity index (χ1) is 9.76. The maximum absolute atomic E-state index is 4.72. The molecule has 4 heteroatoms. The van der Waals surface area contributed by atoms with E-state index in [2.05, 4.69) is 35.2 Å². The standard InChI is InChI=1S/C16H20N4/c1-3-6-18-15-8-14(13-7-11(2)9-17-10-13)19-16(20-15)12-4-5-12/h7-10,12H,3-6H2,1-2H3,(H,18,19,20). The molecule has 2 heterocycles. The summed E-state index contributed by atoms with van der Waals surface area (Å²) in [6.45, 7) is 5.14. The Kier molecular flexibility index (Phi) is 3.63. The Morgan fingerprint density at radius 2 is 2.05 bits per heavy atom. The second-order valence-electron chi connectivity index (χ2n) is 5.45. The summed E-state index contributed by atoms with van der Waals surface area (Å²) in [4.78, 5) is 13.6. The molecule has 0 radical (unpaired) electrons. The Balaban J connectivity index is 1.98. The topological polar surface area (TPSA) is 50.7 Å². The first-order valence-corrected chi connectivity index (χ1v) is 7.31. The van der Waals surface area contributed by atoms with Crippen LogP contribution in [-0.2, 0) is 0 Å². The van der Waals surface area contributed by atoms with Gasteiger partial charge in [0.1, 0.15) is 11.6 Å². The van der Waals surface area contributed by atoms with E-state index in [1.807, 2.05) is 18.5 Å². The summed E-state index contributed by atoms with van der Waals surface area (Å²) in [6.07, 6.45) is 7.24. The Labute approximate surface area is 119 Å². The SMILES string of the molecule is CCCNc1cc(-c2cncc(C)c2)nc(C2CC2)n1. The number of nitrogens with zero attached hydrogens (tertiary/aromatic N) is 3. The molecule has 1 aliphatic rings. The molecule has 0 atom stereocenters. The molecule has 2 aromatic rings. The zero-order valence-corrected chi connectivity index (χ0v) is 12.1. The molecule has 1 N–H and O–H groups in total. The lowest BCUT2D eigenvalue weighted by Gasteiger charge is -2.09. The highest BCUT2D eigenvalue weighted by molar-refractivity contribution is 5.62. The highest BCUT2D eigenvalue weighted by Crippen LogP contribution is 2.39. The zero-order valence-electron chi connectivity index (χ0n) is 12.1. The molecule has 1 aliphatic carbocycles. The van der Waals surface area contributed by atoms with E-state index in [9.17, 15) is 0 Å². The number of hydrogen-bond donors (Lipinski definition) is 1. The number of anilines is 1. The third-order valence-electron chi connectivity index (χ3n) is 3.41. The maximum Gasteiger partial charge on any atom is 0.134 e. The average molecular weight is 268 g/mol. The molecule has 0 spiro atoms. The predicted molar refractivity (Wildman–Crippen MR) is 80.8 cm³/mol. The van der Waals surface area contributed by atoms with Gasteiger partial charge in [0, 0.05) is 36.5 Å². The van der Waals surface area contributed by atoms with Gasteiger partial charge in [0.25, 0.3) is 0 Å². The van der Waals surface area contributed by atoms with Gasteiger partial charge >= 0.3 is 0 Å². The van der Waals surface area contributed by atoms with Gasteiger partial charge in [0.05, 0.1) is 5.69 Å². The van der Waals surface area contributed by atoms with Crippen molar-refractivity contribution in [3.63, 3.8) is 0 Å². The molecule has 1 saturated carbocycles. The van der Waals surface area contributed by atoms with Crippen LogP contribution in [0.3, 0.4) is 0 Å². The molecule has 20 heavy (non-hydrogen) atoms. The van der Waals surface area contributed by atoms with Crippen molar-refractivity contribution in [2.24, 2.45) is 0 Å². The average Bonchev–Trinajstić information content (AvgIpc) is 3.29. The minimum absolute atomic E-state index is 0.551. The van der Waals surface area contributed by atoms with Gasteiger partial charge in [-0.2, -0.15) is 0 Å². The Bertz CT molecular complexity index is 605. The normalized spacial score (nSPS) is 14.3. The number of aryl methyl sites for hydroxylation is 1. The molecule has 4 nitrogen and oxygen atoms in total. The van der Waals surface area contributed by atoms with E-state index in [1.165, 1.54) is 12.8 Å². The number of nitrogens with one attached hydrogen (secondary N) is 1. The molecule has 0 amide bonds. The van der Waals surface area contributed by atoms with E-state index in [4.69, 9.17) is 4.98 Å². The summed E-state index contributed by atoms with van der Waals surface area (Å²) in [5.41, 5.74) is 3.18. The molecule has 0 aromatic carbocycles. The zero-order chi connectivity index (χ0) is 13.9. The lowest BCUT2D eigenvalue weighted by molar-refractivity contribution is 0.911. The summed E-state index contributed by atoms with van der Waals surface area (Å²) in [5.74, 6) is 2.46. The predicted octanol–water partition coefficient (Wildman–Crippen LogP) is 3.55. The first kappa shape index (κ1) is 13.0. The molecular formula is C16H20N4. The molecule has 1 fully saturated rings. The van der Waals surface area contributed by atoms with E-state index < -0.39 is 0 Å². The minimum Gasteiger partial charge on any atom is -0.370 e. The molecule has 0 saturated heterocycles. The van der Waals surface area contributed by atoms with Crippen LogP contribution in [0.5, 0.6) is 0 Å². The number of hydrogen-bond acceptors (Lipinski definition) is 4. The Morgan fingerprint density at radius 3 is 2.75 bits per heavy atom. The van der Waals surface area contributed by atoms with Gasteiger partial charge < -0.3 is 5.32 Å². The van der Waals surface area contributed by atoms with Crippen LogP contribution >= 0.6 is 0 Å². The van der Waals surface area contributed by atoms with Crippen LogP contribution in [0.2, 0.25) is 0 Å². The quantitative estimate of drug-likeness (QED) is 0.901. The molecule has 0 unspecified atom stereocenters. The molecule has 3 rings (SSSR count). The largest absolute Gasteiger partial charge is 0.370 e. The van der Waals surface area contributed by atoms with E-state index >= 15 is 0 Å².